The molecule has 88 valence electrons. The lowest BCUT2D eigenvalue weighted by molar-refractivity contribution is -0.138. The van der Waals surface area contributed by atoms with Gasteiger partial charge in [-0.3, -0.25) is 4.79 Å². The lowest BCUT2D eigenvalue weighted by Gasteiger charge is -2.36. The summed E-state index contributed by atoms with van der Waals surface area (Å²) in [7, 11) is 0. The standard InChI is InChI=1S/C11H22N2O2/c1-3-15-8-11(14)13-5-4-9(2)10(6-12)7-13/h9-10H,3-8,12H2,1-2H3. The van der Waals surface area contributed by atoms with Gasteiger partial charge in [-0.15, -0.1) is 0 Å². The molecule has 1 fully saturated rings. The summed E-state index contributed by atoms with van der Waals surface area (Å²) in [5.41, 5.74) is 5.69. The Morgan fingerprint density at radius 3 is 2.93 bits per heavy atom. The topological polar surface area (TPSA) is 55.6 Å². The molecule has 0 aromatic carbocycles. The fraction of sp³-hybridized carbons (Fsp3) is 0.909. The quantitative estimate of drug-likeness (QED) is 0.740. The molecule has 0 aliphatic carbocycles. The van der Waals surface area contributed by atoms with Gasteiger partial charge in [0.2, 0.25) is 5.91 Å². The van der Waals surface area contributed by atoms with Gasteiger partial charge in [0.1, 0.15) is 6.61 Å². The fourth-order valence-electron chi connectivity index (χ4n) is 1.96. The molecule has 1 aliphatic rings. The lowest BCUT2D eigenvalue weighted by Crippen LogP contribution is -2.46. The average Bonchev–Trinajstić information content (AvgIpc) is 2.26. The van der Waals surface area contributed by atoms with Crippen molar-refractivity contribution in [2.45, 2.75) is 20.3 Å². The molecule has 0 spiro atoms. The zero-order valence-corrected chi connectivity index (χ0v) is 9.74. The maximum absolute atomic E-state index is 11.7. The van der Waals surface area contributed by atoms with Gasteiger partial charge in [0.25, 0.3) is 0 Å². The maximum Gasteiger partial charge on any atom is 0.248 e. The van der Waals surface area contributed by atoms with Crippen molar-refractivity contribution in [1.29, 1.82) is 0 Å². The van der Waals surface area contributed by atoms with Gasteiger partial charge in [0.15, 0.2) is 0 Å². The molecule has 15 heavy (non-hydrogen) atoms. The third-order valence-electron chi connectivity index (χ3n) is 3.20. The predicted molar refractivity (Wildman–Crippen MR) is 59.4 cm³/mol. The summed E-state index contributed by atoms with van der Waals surface area (Å²) in [4.78, 5) is 13.6. The van der Waals surface area contributed by atoms with Gasteiger partial charge >= 0.3 is 0 Å². The van der Waals surface area contributed by atoms with Crippen LogP contribution in [0.25, 0.3) is 0 Å². The molecule has 4 heteroatoms. The van der Waals surface area contributed by atoms with Gasteiger partial charge < -0.3 is 15.4 Å². The second kappa shape index (κ2) is 6.08. The minimum absolute atomic E-state index is 0.0993. The Morgan fingerprint density at radius 2 is 2.33 bits per heavy atom. The molecule has 0 aromatic heterocycles. The number of piperidine rings is 1. The minimum Gasteiger partial charge on any atom is -0.372 e. The number of hydrogen-bond donors (Lipinski definition) is 1. The highest BCUT2D eigenvalue weighted by Gasteiger charge is 2.27. The number of ether oxygens (including phenoxy) is 1. The fourth-order valence-corrected chi connectivity index (χ4v) is 1.96. The van der Waals surface area contributed by atoms with E-state index in [1.165, 1.54) is 0 Å². The summed E-state index contributed by atoms with van der Waals surface area (Å²) in [6.07, 6.45) is 1.06. The largest absolute Gasteiger partial charge is 0.372 e. The van der Waals surface area contributed by atoms with Crippen LogP contribution in [0, 0.1) is 11.8 Å². The van der Waals surface area contributed by atoms with Gasteiger partial charge in [-0.1, -0.05) is 6.92 Å². The zero-order chi connectivity index (χ0) is 11.3. The first-order chi connectivity index (χ1) is 7.19. The SMILES string of the molecule is CCOCC(=O)N1CCC(C)C(CN)C1. The molecular weight excluding hydrogens is 192 g/mol. The van der Waals surface area contributed by atoms with Crippen molar-refractivity contribution in [3.05, 3.63) is 0 Å². The molecule has 1 heterocycles. The normalized spacial score (nSPS) is 26.7. The van der Waals surface area contributed by atoms with Crippen LogP contribution in [-0.4, -0.2) is 43.7 Å². The van der Waals surface area contributed by atoms with E-state index in [1.54, 1.807) is 0 Å². The van der Waals surface area contributed by atoms with E-state index >= 15 is 0 Å². The predicted octanol–water partition coefficient (Wildman–Crippen LogP) is 0.466. The lowest BCUT2D eigenvalue weighted by atomic mass is 9.87. The molecule has 2 atom stereocenters. The van der Waals surface area contributed by atoms with Crippen LogP contribution in [0.4, 0.5) is 0 Å². The van der Waals surface area contributed by atoms with Crippen molar-refractivity contribution in [2.75, 3.05) is 32.8 Å². The van der Waals surface area contributed by atoms with Crippen LogP contribution >= 0.6 is 0 Å². The van der Waals surface area contributed by atoms with E-state index in [2.05, 4.69) is 6.92 Å². The van der Waals surface area contributed by atoms with Gasteiger partial charge in [0, 0.05) is 19.7 Å². The Balaban J connectivity index is 2.40. The Kier molecular flexibility index (Phi) is 5.05. The molecule has 1 saturated heterocycles. The summed E-state index contributed by atoms with van der Waals surface area (Å²) in [5.74, 6) is 1.18. The van der Waals surface area contributed by atoms with Crippen LogP contribution in [0.15, 0.2) is 0 Å². The molecule has 2 N–H and O–H groups in total. The maximum atomic E-state index is 11.7. The second-order valence-corrected chi connectivity index (χ2v) is 4.24. The molecule has 2 unspecified atom stereocenters. The number of carbonyl (C=O) groups is 1. The van der Waals surface area contributed by atoms with E-state index in [4.69, 9.17) is 10.5 Å². The molecule has 1 amide bonds. The van der Waals surface area contributed by atoms with Crippen LogP contribution < -0.4 is 5.73 Å². The van der Waals surface area contributed by atoms with E-state index < -0.39 is 0 Å². The number of carbonyl (C=O) groups excluding carboxylic acids is 1. The molecule has 1 rings (SSSR count). The first kappa shape index (κ1) is 12.5. The number of nitrogens with two attached hydrogens (primary N) is 1. The van der Waals surface area contributed by atoms with E-state index in [1.807, 2.05) is 11.8 Å². The van der Waals surface area contributed by atoms with Crippen molar-refractivity contribution in [1.82, 2.24) is 4.90 Å². The molecule has 0 saturated carbocycles. The third-order valence-corrected chi connectivity index (χ3v) is 3.20. The van der Waals surface area contributed by atoms with Gasteiger partial charge in [-0.2, -0.15) is 0 Å². The van der Waals surface area contributed by atoms with Crippen LogP contribution in [0.2, 0.25) is 0 Å². The molecule has 0 radical (unpaired) electrons. The minimum atomic E-state index is 0.0993. The third kappa shape index (κ3) is 3.47. The Hall–Kier alpha value is -0.610. The molecule has 1 aliphatic heterocycles. The highest BCUT2D eigenvalue weighted by Crippen LogP contribution is 2.22. The van der Waals surface area contributed by atoms with E-state index in [0.29, 0.717) is 25.0 Å². The first-order valence-corrected chi connectivity index (χ1v) is 5.74. The van der Waals surface area contributed by atoms with Crippen LogP contribution in [0.1, 0.15) is 20.3 Å². The van der Waals surface area contributed by atoms with E-state index in [9.17, 15) is 4.79 Å². The van der Waals surface area contributed by atoms with E-state index in [0.717, 1.165) is 19.5 Å². The zero-order valence-electron chi connectivity index (χ0n) is 9.74. The number of hydrogen-bond acceptors (Lipinski definition) is 3. The van der Waals surface area contributed by atoms with Gasteiger partial charge in [0.05, 0.1) is 0 Å². The van der Waals surface area contributed by atoms with Gasteiger partial charge in [-0.05, 0) is 31.7 Å². The van der Waals surface area contributed by atoms with Crippen molar-refractivity contribution in [3.63, 3.8) is 0 Å². The van der Waals surface area contributed by atoms with Crippen molar-refractivity contribution >= 4 is 5.91 Å². The van der Waals surface area contributed by atoms with Crippen LogP contribution in [0.5, 0.6) is 0 Å². The van der Waals surface area contributed by atoms with Gasteiger partial charge in [-0.25, -0.2) is 0 Å². The van der Waals surface area contributed by atoms with Crippen molar-refractivity contribution in [3.8, 4) is 0 Å². The second-order valence-electron chi connectivity index (χ2n) is 4.24. The molecule has 0 aromatic rings. The number of nitrogens with zero attached hydrogens (tertiary/aromatic N) is 1. The smallest absolute Gasteiger partial charge is 0.248 e. The van der Waals surface area contributed by atoms with Crippen molar-refractivity contribution in [2.24, 2.45) is 17.6 Å². The highest BCUT2D eigenvalue weighted by molar-refractivity contribution is 5.77. The van der Waals surface area contributed by atoms with Crippen LogP contribution in [-0.2, 0) is 9.53 Å². The summed E-state index contributed by atoms with van der Waals surface area (Å²) in [6.45, 7) is 7.22. The number of amides is 1. The summed E-state index contributed by atoms with van der Waals surface area (Å²) in [6, 6.07) is 0. The first-order valence-electron chi connectivity index (χ1n) is 5.74. The summed E-state index contributed by atoms with van der Waals surface area (Å²) in [5, 5.41) is 0. The Bertz CT molecular complexity index is 209. The number of likely N-dealkylation sites (tertiary alicyclic amines) is 1. The average molecular weight is 214 g/mol. The van der Waals surface area contributed by atoms with Crippen LogP contribution in [0.3, 0.4) is 0 Å². The highest BCUT2D eigenvalue weighted by atomic mass is 16.5. The molecular formula is C11H22N2O2. The summed E-state index contributed by atoms with van der Waals surface area (Å²) < 4.78 is 5.12. The molecule has 4 nitrogen and oxygen atoms in total. The Labute approximate surface area is 91.8 Å². The summed E-state index contributed by atoms with van der Waals surface area (Å²) >= 11 is 0. The monoisotopic (exact) mass is 214 g/mol. The number of rotatable bonds is 4. The Morgan fingerprint density at radius 1 is 1.60 bits per heavy atom. The van der Waals surface area contributed by atoms with E-state index in [-0.39, 0.29) is 12.5 Å². The molecule has 0 bridgehead atoms. The van der Waals surface area contributed by atoms with Crippen molar-refractivity contribution < 1.29 is 9.53 Å².